The molecule has 2 fully saturated rings. The molecule has 2 rings (SSSR count). The van der Waals surface area contributed by atoms with Crippen LogP contribution in [0.25, 0.3) is 0 Å². The number of cyclic esters (lactones) is 2. The second-order valence-electron chi connectivity index (χ2n) is 3.98. The number of rotatable bonds is 1. The van der Waals surface area contributed by atoms with E-state index in [1.54, 1.807) is 0 Å². The lowest BCUT2D eigenvalue weighted by Gasteiger charge is -2.36. The molecule has 0 spiro atoms. The Hall–Kier alpha value is -0.860. The predicted molar refractivity (Wildman–Crippen MR) is 41.2 cm³/mol. The van der Waals surface area contributed by atoms with E-state index in [-0.39, 0.29) is 18.4 Å². The van der Waals surface area contributed by atoms with Gasteiger partial charge in [0.05, 0.1) is 11.8 Å². The van der Waals surface area contributed by atoms with Crippen molar-refractivity contribution in [3.8, 4) is 0 Å². The van der Waals surface area contributed by atoms with E-state index < -0.39 is 5.41 Å². The van der Waals surface area contributed by atoms with Crippen LogP contribution in [0, 0.1) is 11.3 Å². The average Bonchev–Trinajstić information content (AvgIpc) is 2.02. The number of esters is 2. The van der Waals surface area contributed by atoms with Crippen LogP contribution in [0.4, 0.5) is 0 Å². The molecule has 1 heterocycles. The predicted octanol–water partition coefficient (Wildman–Crippen LogP) is 1.27. The number of ether oxygens (including phenoxy) is 1. The van der Waals surface area contributed by atoms with Crippen LogP contribution >= 0.6 is 0 Å². The summed E-state index contributed by atoms with van der Waals surface area (Å²) in [5.41, 5.74) is -0.491. The minimum absolute atomic E-state index is 0.288. The van der Waals surface area contributed by atoms with Crippen LogP contribution in [-0.4, -0.2) is 11.9 Å². The molecule has 0 amide bonds. The van der Waals surface area contributed by atoms with Crippen molar-refractivity contribution >= 4 is 11.9 Å². The molecule has 1 saturated heterocycles. The fourth-order valence-corrected chi connectivity index (χ4v) is 1.98. The Labute approximate surface area is 71.1 Å². The van der Waals surface area contributed by atoms with E-state index in [0.29, 0.717) is 5.92 Å². The molecular formula is C9H12O3. The number of carbonyl (C=O) groups excluding carboxylic acids is 2. The highest BCUT2D eigenvalue weighted by Gasteiger charge is 2.52. The van der Waals surface area contributed by atoms with Gasteiger partial charge in [0.2, 0.25) is 0 Å². The molecule has 1 aliphatic heterocycles. The first-order chi connectivity index (χ1) is 5.63. The van der Waals surface area contributed by atoms with Gasteiger partial charge in [-0.1, -0.05) is 6.42 Å². The summed E-state index contributed by atoms with van der Waals surface area (Å²) in [5, 5.41) is 0. The van der Waals surface area contributed by atoms with Gasteiger partial charge in [-0.25, -0.2) is 0 Å². The highest BCUT2D eigenvalue weighted by atomic mass is 16.6. The minimum Gasteiger partial charge on any atom is -0.393 e. The molecule has 12 heavy (non-hydrogen) atoms. The Morgan fingerprint density at radius 2 is 2.08 bits per heavy atom. The van der Waals surface area contributed by atoms with Gasteiger partial charge < -0.3 is 4.74 Å². The van der Waals surface area contributed by atoms with Gasteiger partial charge in [0, 0.05) is 0 Å². The van der Waals surface area contributed by atoms with E-state index in [1.165, 1.54) is 6.42 Å². The van der Waals surface area contributed by atoms with Crippen molar-refractivity contribution in [1.82, 2.24) is 0 Å². The van der Waals surface area contributed by atoms with Crippen molar-refractivity contribution in [3.05, 3.63) is 0 Å². The average molecular weight is 168 g/mol. The van der Waals surface area contributed by atoms with Crippen LogP contribution in [0.3, 0.4) is 0 Å². The number of hydrogen-bond donors (Lipinski definition) is 0. The summed E-state index contributed by atoms with van der Waals surface area (Å²) in [7, 11) is 0. The van der Waals surface area contributed by atoms with E-state index in [0.717, 1.165) is 12.8 Å². The molecule has 3 nitrogen and oxygen atoms in total. The highest BCUT2D eigenvalue weighted by molar-refractivity contribution is 5.97. The van der Waals surface area contributed by atoms with Crippen LogP contribution in [0.1, 0.15) is 32.6 Å². The summed E-state index contributed by atoms with van der Waals surface area (Å²) in [6.45, 7) is 1.85. The maximum atomic E-state index is 11.3. The standard InChI is InChI=1S/C9H12O3/c1-9(6-3-2-4-6)5-7(10)12-8(9)11/h6H,2-5H2,1H3. The molecular weight excluding hydrogens is 156 g/mol. The molecule has 0 aromatic rings. The Bertz CT molecular complexity index is 242. The number of hydrogen-bond acceptors (Lipinski definition) is 3. The van der Waals surface area contributed by atoms with Crippen molar-refractivity contribution in [3.63, 3.8) is 0 Å². The van der Waals surface area contributed by atoms with Gasteiger partial charge in [0.15, 0.2) is 0 Å². The van der Waals surface area contributed by atoms with Crippen LogP contribution < -0.4 is 0 Å². The van der Waals surface area contributed by atoms with Crippen molar-refractivity contribution in [2.75, 3.05) is 0 Å². The molecule has 2 aliphatic rings. The maximum Gasteiger partial charge on any atom is 0.320 e. The molecule has 1 aliphatic carbocycles. The summed E-state index contributed by atoms with van der Waals surface area (Å²) in [5.74, 6) is -0.275. The van der Waals surface area contributed by atoms with Gasteiger partial charge in [0.25, 0.3) is 0 Å². The lowest BCUT2D eigenvalue weighted by molar-refractivity contribution is -0.156. The van der Waals surface area contributed by atoms with Gasteiger partial charge in [-0.2, -0.15) is 0 Å². The van der Waals surface area contributed by atoms with Crippen LogP contribution in [0.2, 0.25) is 0 Å². The molecule has 0 aromatic carbocycles. The fourth-order valence-electron chi connectivity index (χ4n) is 1.98. The lowest BCUT2D eigenvalue weighted by atomic mass is 9.65. The third kappa shape index (κ3) is 0.886. The van der Waals surface area contributed by atoms with Gasteiger partial charge >= 0.3 is 11.9 Å². The summed E-state index contributed by atoms with van der Waals surface area (Å²) in [6, 6.07) is 0. The molecule has 0 aromatic heterocycles. The van der Waals surface area contributed by atoms with E-state index in [2.05, 4.69) is 4.74 Å². The van der Waals surface area contributed by atoms with Crippen LogP contribution in [0.15, 0.2) is 0 Å². The quantitative estimate of drug-likeness (QED) is 0.437. The number of carbonyl (C=O) groups is 2. The summed E-state index contributed by atoms with van der Waals surface area (Å²) >= 11 is 0. The third-order valence-corrected chi connectivity index (χ3v) is 3.19. The lowest BCUT2D eigenvalue weighted by Crippen LogP contribution is -2.36. The SMILES string of the molecule is CC1(C2CCC2)CC(=O)OC1=O. The smallest absolute Gasteiger partial charge is 0.320 e. The van der Waals surface area contributed by atoms with Gasteiger partial charge in [-0.05, 0) is 25.7 Å². The zero-order chi connectivity index (χ0) is 8.77. The van der Waals surface area contributed by atoms with Crippen LogP contribution in [-0.2, 0) is 14.3 Å². The first-order valence-electron chi connectivity index (χ1n) is 4.38. The fraction of sp³-hybridized carbons (Fsp3) is 0.778. The summed E-state index contributed by atoms with van der Waals surface area (Å²) in [6.07, 6.45) is 3.61. The largest absolute Gasteiger partial charge is 0.393 e. The first-order valence-corrected chi connectivity index (χ1v) is 4.38. The first kappa shape index (κ1) is 7.77. The molecule has 1 saturated carbocycles. The summed E-state index contributed by atoms with van der Waals surface area (Å²) in [4.78, 5) is 22.2. The van der Waals surface area contributed by atoms with E-state index in [4.69, 9.17) is 0 Å². The van der Waals surface area contributed by atoms with Crippen molar-refractivity contribution in [2.45, 2.75) is 32.6 Å². The van der Waals surface area contributed by atoms with E-state index in [9.17, 15) is 9.59 Å². The molecule has 66 valence electrons. The van der Waals surface area contributed by atoms with E-state index in [1.807, 2.05) is 6.92 Å². The molecule has 1 unspecified atom stereocenters. The Balaban J connectivity index is 2.18. The van der Waals surface area contributed by atoms with Gasteiger partial charge in [-0.15, -0.1) is 0 Å². The Morgan fingerprint density at radius 3 is 2.42 bits per heavy atom. The Kier molecular flexibility index (Phi) is 1.50. The molecule has 0 N–H and O–H groups in total. The molecule has 0 bridgehead atoms. The molecule has 3 heteroatoms. The second kappa shape index (κ2) is 2.31. The second-order valence-corrected chi connectivity index (χ2v) is 3.98. The molecule has 1 atom stereocenters. The maximum absolute atomic E-state index is 11.3. The highest BCUT2D eigenvalue weighted by Crippen LogP contribution is 2.47. The zero-order valence-electron chi connectivity index (χ0n) is 7.13. The topological polar surface area (TPSA) is 43.4 Å². The summed E-state index contributed by atoms with van der Waals surface area (Å²) < 4.78 is 4.56. The van der Waals surface area contributed by atoms with E-state index >= 15 is 0 Å². The third-order valence-electron chi connectivity index (χ3n) is 3.19. The Morgan fingerprint density at radius 1 is 1.42 bits per heavy atom. The van der Waals surface area contributed by atoms with Gasteiger partial charge in [0.1, 0.15) is 0 Å². The molecule has 0 radical (unpaired) electrons. The zero-order valence-corrected chi connectivity index (χ0v) is 7.13. The van der Waals surface area contributed by atoms with Crippen molar-refractivity contribution < 1.29 is 14.3 Å². The van der Waals surface area contributed by atoms with Crippen molar-refractivity contribution in [1.29, 1.82) is 0 Å². The monoisotopic (exact) mass is 168 g/mol. The van der Waals surface area contributed by atoms with Gasteiger partial charge in [-0.3, -0.25) is 9.59 Å². The van der Waals surface area contributed by atoms with Crippen molar-refractivity contribution in [2.24, 2.45) is 11.3 Å². The van der Waals surface area contributed by atoms with Crippen LogP contribution in [0.5, 0.6) is 0 Å². The normalized spacial score (nSPS) is 36.4. The minimum atomic E-state index is -0.491.